The number of Topliss-reactive ketones (excluding diaryl/α,β-unsaturated/α-hetero) is 1. The van der Waals surface area contributed by atoms with Gasteiger partial charge in [-0.15, -0.1) is 0 Å². The molecule has 1 aromatic carbocycles. The third kappa shape index (κ3) is 3.94. The first-order chi connectivity index (χ1) is 16.3. The molecule has 0 saturated carbocycles. The quantitative estimate of drug-likeness (QED) is 0.393. The summed E-state index contributed by atoms with van der Waals surface area (Å²) in [6.07, 6.45) is 4.54. The molecule has 34 heavy (non-hydrogen) atoms. The molecule has 0 aliphatic carbocycles. The standard InChI is InChI=1S/C22H23N5O6S/c1-13(28)22(34(29,30)31)26-7-8-33-20(12-26)27-11-16(15-9-14(32-2)3-4-19(15)27)17-10-18-21(25-17)24-6-5-23-18/h3-6,9-11,20,22H,7-8,12H2,1-2H3,(H,24,25)(H,29,30,31). The minimum Gasteiger partial charge on any atom is -0.497 e. The van der Waals surface area contributed by atoms with Crippen LogP contribution in [0.15, 0.2) is 42.9 Å². The van der Waals surface area contributed by atoms with Gasteiger partial charge in [0.2, 0.25) is 0 Å². The van der Waals surface area contributed by atoms with Gasteiger partial charge >= 0.3 is 0 Å². The van der Waals surface area contributed by atoms with Gasteiger partial charge in [-0.2, -0.15) is 8.42 Å². The number of fused-ring (bicyclic) bond motifs is 2. The lowest BCUT2D eigenvalue weighted by Crippen LogP contribution is -2.52. The number of nitrogens with zero attached hydrogens (tertiary/aromatic N) is 4. The lowest BCUT2D eigenvalue weighted by Gasteiger charge is -2.36. The zero-order valence-corrected chi connectivity index (χ0v) is 19.3. The molecule has 5 rings (SSSR count). The Kier molecular flexibility index (Phi) is 5.60. The van der Waals surface area contributed by atoms with Gasteiger partial charge in [0.05, 0.1) is 24.9 Å². The lowest BCUT2D eigenvalue weighted by molar-refractivity contribution is -0.124. The number of ketones is 1. The van der Waals surface area contributed by atoms with E-state index in [1.165, 1.54) is 4.90 Å². The Morgan fingerprint density at radius 3 is 2.79 bits per heavy atom. The molecule has 2 unspecified atom stereocenters. The monoisotopic (exact) mass is 485 g/mol. The number of rotatable bonds is 6. The van der Waals surface area contributed by atoms with E-state index in [-0.39, 0.29) is 19.7 Å². The highest BCUT2D eigenvalue weighted by molar-refractivity contribution is 7.87. The first kappa shape index (κ1) is 22.5. The van der Waals surface area contributed by atoms with Gasteiger partial charge < -0.3 is 19.0 Å². The first-order valence-electron chi connectivity index (χ1n) is 10.6. The van der Waals surface area contributed by atoms with Gasteiger partial charge in [0, 0.05) is 42.6 Å². The molecule has 2 atom stereocenters. The molecule has 178 valence electrons. The van der Waals surface area contributed by atoms with Crippen molar-refractivity contribution in [1.82, 2.24) is 24.4 Å². The molecular formula is C22H23N5O6S. The molecule has 0 amide bonds. The minimum atomic E-state index is -4.60. The third-order valence-corrected chi connectivity index (χ3v) is 7.14. The van der Waals surface area contributed by atoms with E-state index in [0.29, 0.717) is 11.4 Å². The van der Waals surface area contributed by atoms with Crippen LogP contribution < -0.4 is 4.74 Å². The van der Waals surface area contributed by atoms with Gasteiger partial charge in [0.25, 0.3) is 10.1 Å². The number of ether oxygens (including phenoxy) is 2. The average molecular weight is 486 g/mol. The maximum atomic E-state index is 12.0. The number of nitrogens with one attached hydrogen (secondary N) is 1. The van der Waals surface area contributed by atoms with Crippen LogP contribution in [-0.2, 0) is 19.6 Å². The molecule has 0 spiro atoms. The summed E-state index contributed by atoms with van der Waals surface area (Å²) >= 11 is 0. The van der Waals surface area contributed by atoms with Gasteiger partial charge in [0.15, 0.2) is 16.8 Å². The third-order valence-electron chi connectivity index (χ3n) is 5.94. The van der Waals surface area contributed by atoms with Gasteiger partial charge in [0.1, 0.15) is 17.5 Å². The average Bonchev–Trinajstić information content (AvgIpc) is 3.39. The Hall–Kier alpha value is -3.32. The zero-order valence-electron chi connectivity index (χ0n) is 18.5. The van der Waals surface area contributed by atoms with Crippen LogP contribution in [-0.4, -0.2) is 75.4 Å². The number of benzene rings is 1. The van der Waals surface area contributed by atoms with Crippen LogP contribution >= 0.6 is 0 Å². The minimum absolute atomic E-state index is 0.0924. The van der Waals surface area contributed by atoms with Crippen molar-refractivity contribution in [3.05, 3.63) is 42.9 Å². The number of aromatic nitrogens is 4. The van der Waals surface area contributed by atoms with Crippen LogP contribution in [0.3, 0.4) is 0 Å². The fourth-order valence-corrected chi connectivity index (χ4v) is 5.49. The van der Waals surface area contributed by atoms with Crippen molar-refractivity contribution in [2.45, 2.75) is 18.5 Å². The number of aromatic amines is 1. The smallest absolute Gasteiger partial charge is 0.288 e. The van der Waals surface area contributed by atoms with Crippen molar-refractivity contribution in [3.63, 3.8) is 0 Å². The van der Waals surface area contributed by atoms with Crippen molar-refractivity contribution < 1.29 is 27.2 Å². The van der Waals surface area contributed by atoms with Crippen LogP contribution in [0.5, 0.6) is 5.75 Å². The van der Waals surface area contributed by atoms with Crippen LogP contribution in [0.2, 0.25) is 0 Å². The molecule has 0 bridgehead atoms. The van der Waals surface area contributed by atoms with Gasteiger partial charge in [-0.05, 0) is 31.2 Å². The van der Waals surface area contributed by atoms with E-state index in [4.69, 9.17) is 9.47 Å². The Labute approximate surface area is 195 Å². The predicted molar refractivity (Wildman–Crippen MR) is 124 cm³/mol. The molecule has 11 nitrogen and oxygen atoms in total. The number of H-pyrrole nitrogens is 1. The zero-order chi connectivity index (χ0) is 24.0. The molecule has 4 heterocycles. The molecule has 0 radical (unpaired) electrons. The number of morpholine rings is 1. The van der Waals surface area contributed by atoms with Gasteiger partial charge in [-0.1, -0.05) is 0 Å². The van der Waals surface area contributed by atoms with E-state index in [2.05, 4.69) is 15.0 Å². The summed E-state index contributed by atoms with van der Waals surface area (Å²) in [5.41, 5.74) is 3.85. The van der Waals surface area contributed by atoms with E-state index in [1.807, 2.05) is 35.0 Å². The van der Waals surface area contributed by atoms with Crippen LogP contribution in [0.4, 0.5) is 0 Å². The Balaban J connectivity index is 1.60. The highest BCUT2D eigenvalue weighted by atomic mass is 32.2. The second-order valence-corrected chi connectivity index (χ2v) is 9.58. The van der Waals surface area contributed by atoms with Crippen LogP contribution in [0.1, 0.15) is 13.2 Å². The Morgan fingerprint density at radius 1 is 1.29 bits per heavy atom. The predicted octanol–water partition coefficient (Wildman–Crippen LogP) is 2.22. The molecule has 1 saturated heterocycles. The van der Waals surface area contributed by atoms with Crippen molar-refractivity contribution in [2.75, 3.05) is 26.8 Å². The van der Waals surface area contributed by atoms with E-state index in [9.17, 15) is 17.8 Å². The van der Waals surface area contributed by atoms with Crippen LogP contribution in [0.25, 0.3) is 33.3 Å². The molecule has 4 aromatic rings. The summed E-state index contributed by atoms with van der Waals surface area (Å²) in [5.74, 6) is 0.0251. The summed E-state index contributed by atoms with van der Waals surface area (Å²) in [5, 5.41) is -0.754. The molecule has 2 N–H and O–H groups in total. The molecule has 1 aliphatic rings. The van der Waals surface area contributed by atoms with E-state index >= 15 is 0 Å². The van der Waals surface area contributed by atoms with Crippen molar-refractivity contribution in [3.8, 4) is 17.0 Å². The van der Waals surface area contributed by atoms with E-state index < -0.39 is 27.5 Å². The van der Waals surface area contributed by atoms with E-state index in [0.717, 1.165) is 34.6 Å². The van der Waals surface area contributed by atoms with Gasteiger partial charge in [-0.3, -0.25) is 19.2 Å². The Bertz CT molecular complexity index is 1460. The molecular weight excluding hydrogens is 462 g/mol. The SMILES string of the molecule is COc1ccc2c(c1)c(-c1cc3nccnc3[nH]1)cn2C1CN(C(C(C)=O)S(=O)(=O)O)CCO1. The fourth-order valence-electron chi connectivity index (χ4n) is 4.50. The maximum absolute atomic E-state index is 12.0. The molecule has 12 heteroatoms. The number of carbonyl (C=O) groups is 1. The number of hydrogen-bond acceptors (Lipinski definition) is 8. The summed E-state index contributed by atoms with van der Waals surface area (Å²) in [7, 11) is -3.01. The summed E-state index contributed by atoms with van der Waals surface area (Å²) < 4.78 is 46.7. The van der Waals surface area contributed by atoms with E-state index in [1.54, 1.807) is 19.5 Å². The summed E-state index contributed by atoms with van der Waals surface area (Å²) in [4.78, 5) is 25.4. The normalized spacial score (nSPS) is 18.4. The lowest BCUT2D eigenvalue weighted by atomic mass is 10.1. The summed E-state index contributed by atoms with van der Waals surface area (Å²) in [6, 6.07) is 7.53. The maximum Gasteiger partial charge on any atom is 0.288 e. The number of methoxy groups -OCH3 is 1. The van der Waals surface area contributed by atoms with Crippen molar-refractivity contribution >= 4 is 38.0 Å². The second kappa shape index (κ2) is 8.47. The van der Waals surface area contributed by atoms with Crippen LogP contribution in [0, 0.1) is 0 Å². The van der Waals surface area contributed by atoms with Crippen molar-refractivity contribution in [2.24, 2.45) is 0 Å². The largest absolute Gasteiger partial charge is 0.497 e. The molecule has 3 aromatic heterocycles. The summed E-state index contributed by atoms with van der Waals surface area (Å²) in [6.45, 7) is 1.63. The molecule has 1 aliphatic heterocycles. The number of hydrogen-bond donors (Lipinski definition) is 2. The van der Waals surface area contributed by atoms with Gasteiger partial charge in [-0.25, -0.2) is 4.98 Å². The highest BCUT2D eigenvalue weighted by Gasteiger charge is 2.38. The fraction of sp³-hybridized carbons (Fsp3) is 0.318. The molecule has 1 fully saturated rings. The second-order valence-electron chi connectivity index (χ2n) is 8.10. The van der Waals surface area contributed by atoms with Crippen molar-refractivity contribution in [1.29, 1.82) is 0 Å². The topological polar surface area (TPSA) is 140 Å². The number of carbonyl (C=O) groups excluding carboxylic acids is 1. The highest BCUT2D eigenvalue weighted by Crippen LogP contribution is 2.36. The Morgan fingerprint density at radius 2 is 2.09 bits per heavy atom. The first-order valence-corrected chi connectivity index (χ1v) is 12.1.